The van der Waals surface area contributed by atoms with Crippen LogP contribution in [-0.2, 0) is 0 Å². The Labute approximate surface area is 146 Å². The van der Waals surface area contributed by atoms with Crippen LogP contribution in [0.25, 0.3) is 0 Å². The fourth-order valence-corrected chi connectivity index (χ4v) is 2.29. The Kier molecular flexibility index (Phi) is 5.46. The van der Waals surface area contributed by atoms with Gasteiger partial charge in [0.1, 0.15) is 0 Å². The van der Waals surface area contributed by atoms with Gasteiger partial charge in [0.25, 0.3) is 5.91 Å². The molecule has 0 atom stereocenters. The van der Waals surface area contributed by atoms with Crippen molar-refractivity contribution in [1.82, 2.24) is 5.32 Å². The summed E-state index contributed by atoms with van der Waals surface area (Å²) in [7, 11) is 0. The van der Waals surface area contributed by atoms with Gasteiger partial charge in [-0.1, -0.05) is 22.0 Å². The van der Waals surface area contributed by atoms with Crippen molar-refractivity contribution in [1.29, 1.82) is 0 Å². The van der Waals surface area contributed by atoms with Gasteiger partial charge in [0, 0.05) is 15.7 Å². The molecule has 0 fully saturated rings. The Morgan fingerprint density at radius 3 is 2.30 bits per heavy atom. The largest absolute Gasteiger partial charge is 0.478 e. The van der Waals surface area contributed by atoms with Crippen molar-refractivity contribution < 1.29 is 14.7 Å². The average Bonchev–Trinajstić information content (AvgIpc) is 2.49. The summed E-state index contributed by atoms with van der Waals surface area (Å²) < 4.78 is 0.871. The number of amides is 1. The summed E-state index contributed by atoms with van der Waals surface area (Å²) in [6.07, 6.45) is 0. The fourth-order valence-electron chi connectivity index (χ4n) is 1.82. The van der Waals surface area contributed by atoms with E-state index < -0.39 is 5.97 Å². The van der Waals surface area contributed by atoms with Crippen molar-refractivity contribution >= 4 is 50.8 Å². The second-order valence-corrected chi connectivity index (χ2v) is 6.07. The molecule has 0 spiro atoms. The second-order valence-electron chi connectivity index (χ2n) is 4.75. The number of rotatable bonds is 3. The minimum absolute atomic E-state index is 0.101. The van der Waals surface area contributed by atoms with Gasteiger partial charge in [-0.05, 0) is 61.1 Å². The molecule has 0 aliphatic rings. The smallest absolute Gasteiger partial charge is 0.335 e. The van der Waals surface area contributed by atoms with Crippen LogP contribution in [0.3, 0.4) is 0 Å². The number of carbonyl (C=O) groups is 2. The van der Waals surface area contributed by atoms with E-state index in [-0.39, 0.29) is 16.6 Å². The first-order chi connectivity index (χ1) is 10.9. The van der Waals surface area contributed by atoms with Gasteiger partial charge in [-0.2, -0.15) is 0 Å². The number of benzene rings is 2. The van der Waals surface area contributed by atoms with Crippen LogP contribution in [0.15, 0.2) is 46.9 Å². The van der Waals surface area contributed by atoms with Crippen LogP contribution in [0.5, 0.6) is 0 Å². The van der Waals surface area contributed by atoms with Crippen LogP contribution in [-0.4, -0.2) is 22.1 Å². The molecule has 0 bridgehead atoms. The maximum absolute atomic E-state index is 12.1. The lowest BCUT2D eigenvalue weighted by atomic mass is 10.1. The Hall–Kier alpha value is -2.25. The average molecular weight is 393 g/mol. The number of aromatic carboxylic acids is 1. The Balaban J connectivity index is 2.07. The molecule has 118 valence electrons. The van der Waals surface area contributed by atoms with E-state index in [0.29, 0.717) is 11.3 Å². The number of hydrogen-bond acceptors (Lipinski definition) is 3. The molecule has 2 aromatic rings. The molecule has 2 aromatic carbocycles. The molecule has 0 radical (unpaired) electrons. The monoisotopic (exact) mass is 392 g/mol. The number of anilines is 1. The summed E-state index contributed by atoms with van der Waals surface area (Å²) in [6.45, 7) is 1.81. The number of thiocarbonyl (C=S) groups is 1. The zero-order chi connectivity index (χ0) is 17.0. The fraction of sp³-hybridized carbons (Fsp3) is 0.0625. The minimum Gasteiger partial charge on any atom is -0.478 e. The molecule has 0 saturated carbocycles. The highest BCUT2D eigenvalue weighted by Crippen LogP contribution is 2.17. The SMILES string of the molecule is Cc1ccc(C(=O)O)cc1NC(=S)NC(=O)c1ccc(Br)cc1. The van der Waals surface area contributed by atoms with Crippen molar-refractivity contribution in [3.63, 3.8) is 0 Å². The lowest BCUT2D eigenvalue weighted by Crippen LogP contribution is -2.34. The number of hydrogen-bond donors (Lipinski definition) is 3. The summed E-state index contributed by atoms with van der Waals surface area (Å²) in [5.41, 5.74) is 1.95. The number of carbonyl (C=O) groups excluding carboxylic acids is 1. The van der Waals surface area contributed by atoms with Crippen LogP contribution in [0.4, 0.5) is 5.69 Å². The standard InChI is InChI=1S/C16H13BrN2O3S/c1-9-2-3-11(15(21)22)8-13(9)18-16(23)19-14(20)10-4-6-12(17)7-5-10/h2-8H,1H3,(H,21,22)(H2,18,19,20,23). The third-order valence-electron chi connectivity index (χ3n) is 3.07. The van der Waals surface area contributed by atoms with Crippen LogP contribution in [0.2, 0.25) is 0 Å². The highest BCUT2D eigenvalue weighted by Gasteiger charge is 2.10. The number of carboxylic acids is 1. The van der Waals surface area contributed by atoms with Crippen molar-refractivity contribution in [2.45, 2.75) is 6.92 Å². The molecule has 0 aromatic heterocycles. The lowest BCUT2D eigenvalue weighted by molar-refractivity contribution is 0.0696. The van der Waals surface area contributed by atoms with Crippen LogP contribution in [0, 0.1) is 6.92 Å². The van der Waals surface area contributed by atoms with E-state index in [1.807, 2.05) is 6.92 Å². The van der Waals surface area contributed by atoms with Crippen molar-refractivity contribution in [2.24, 2.45) is 0 Å². The molecule has 0 saturated heterocycles. The summed E-state index contributed by atoms with van der Waals surface area (Å²) in [6, 6.07) is 11.5. The van der Waals surface area contributed by atoms with Crippen LogP contribution >= 0.6 is 28.1 Å². The van der Waals surface area contributed by atoms with Crippen LogP contribution < -0.4 is 10.6 Å². The summed E-state index contributed by atoms with van der Waals surface area (Å²) >= 11 is 8.41. The molecule has 0 aliphatic heterocycles. The second kappa shape index (κ2) is 7.34. The molecule has 0 unspecified atom stereocenters. The molecule has 0 aliphatic carbocycles. The molecule has 5 nitrogen and oxygen atoms in total. The van der Waals surface area contributed by atoms with E-state index in [2.05, 4.69) is 26.6 Å². The topological polar surface area (TPSA) is 78.4 Å². The van der Waals surface area contributed by atoms with Gasteiger partial charge < -0.3 is 10.4 Å². The molecular formula is C16H13BrN2O3S. The molecule has 1 amide bonds. The zero-order valence-electron chi connectivity index (χ0n) is 12.1. The predicted octanol–water partition coefficient (Wildman–Crippen LogP) is 3.58. The first-order valence-electron chi connectivity index (χ1n) is 6.58. The van der Waals surface area contributed by atoms with Gasteiger partial charge in [-0.15, -0.1) is 0 Å². The minimum atomic E-state index is -1.03. The van der Waals surface area contributed by atoms with Crippen molar-refractivity contribution in [3.05, 3.63) is 63.6 Å². The number of halogens is 1. The van der Waals surface area contributed by atoms with E-state index in [0.717, 1.165) is 10.0 Å². The highest BCUT2D eigenvalue weighted by atomic mass is 79.9. The summed E-state index contributed by atoms with van der Waals surface area (Å²) in [5.74, 6) is -1.38. The maximum atomic E-state index is 12.1. The highest BCUT2D eigenvalue weighted by molar-refractivity contribution is 9.10. The zero-order valence-corrected chi connectivity index (χ0v) is 14.5. The Bertz CT molecular complexity index is 775. The molecule has 2 rings (SSSR count). The summed E-state index contributed by atoms with van der Waals surface area (Å²) in [4.78, 5) is 23.1. The van der Waals surface area contributed by atoms with E-state index in [1.165, 1.54) is 12.1 Å². The number of nitrogens with one attached hydrogen (secondary N) is 2. The lowest BCUT2D eigenvalue weighted by Gasteiger charge is -2.12. The normalized spacial score (nSPS) is 10.0. The van der Waals surface area contributed by atoms with E-state index in [4.69, 9.17) is 17.3 Å². The van der Waals surface area contributed by atoms with Gasteiger partial charge in [0.2, 0.25) is 0 Å². The summed E-state index contributed by atoms with van der Waals surface area (Å²) in [5, 5.41) is 14.5. The van der Waals surface area contributed by atoms with Crippen molar-refractivity contribution in [2.75, 3.05) is 5.32 Å². The molecule has 0 heterocycles. The maximum Gasteiger partial charge on any atom is 0.335 e. The van der Waals surface area contributed by atoms with Gasteiger partial charge >= 0.3 is 5.97 Å². The van der Waals surface area contributed by atoms with Gasteiger partial charge in [-0.3, -0.25) is 10.1 Å². The first-order valence-corrected chi connectivity index (χ1v) is 7.79. The van der Waals surface area contributed by atoms with E-state index in [1.54, 1.807) is 30.3 Å². The van der Waals surface area contributed by atoms with Gasteiger partial charge in [-0.25, -0.2) is 4.79 Å². The van der Waals surface area contributed by atoms with E-state index >= 15 is 0 Å². The van der Waals surface area contributed by atoms with Gasteiger partial charge in [0.05, 0.1) is 5.56 Å². The Morgan fingerprint density at radius 2 is 1.70 bits per heavy atom. The Morgan fingerprint density at radius 1 is 1.09 bits per heavy atom. The molecule has 3 N–H and O–H groups in total. The predicted molar refractivity (Wildman–Crippen MR) is 96.0 cm³/mol. The first kappa shape index (κ1) is 17.1. The molecule has 7 heteroatoms. The van der Waals surface area contributed by atoms with E-state index in [9.17, 15) is 9.59 Å². The molecule has 23 heavy (non-hydrogen) atoms. The quantitative estimate of drug-likeness (QED) is 0.695. The number of carboxylic acid groups (broad SMARTS) is 1. The molecular weight excluding hydrogens is 380 g/mol. The van der Waals surface area contributed by atoms with Crippen molar-refractivity contribution in [3.8, 4) is 0 Å². The third-order valence-corrected chi connectivity index (χ3v) is 3.80. The third kappa shape index (κ3) is 4.61. The van der Waals surface area contributed by atoms with Crippen LogP contribution in [0.1, 0.15) is 26.3 Å². The number of aryl methyl sites for hydroxylation is 1. The van der Waals surface area contributed by atoms with Gasteiger partial charge in [0.15, 0.2) is 5.11 Å².